The molecule has 0 atom stereocenters. The van der Waals surface area contributed by atoms with E-state index in [1.165, 1.54) is 38.1 Å². The van der Waals surface area contributed by atoms with E-state index in [1.54, 1.807) is 0 Å². The van der Waals surface area contributed by atoms with E-state index in [4.69, 9.17) is 4.98 Å². The van der Waals surface area contributed by atoms with E-state index in [9.17, 15) is 0 Å². The second kappa shape index (κ2) is 6.61. The average molecular weight is 346 g/mol. The molecule has 4 rings (SSSR count). The summed E-state index contributed by atoms with van der Waals surface area (Å²) in [7, 11) is 6.38. The highest BCUT2D eigenvalue weighted by Crippen LogP contribution is 2.38. The predicted molar refractivity (Wildman–Crippen MR) is 112 cm³/mol. The molecule has 26 heavy (non-hydrogen) atoms. The summed E-state index contributed by atoms with van der Waals surface area (Å²) >= 11 is 0. The molecule has 0 amide bonds. The minimum absolute atomic E-state index is 0.921. The molecule has 0 radical (unpaired) electrons. The smallest absolute Gasteiger partial charge is 0.136 e. The van der Waals surface area contributed by atoms with Gasteiger partial charge in [0.2, 0.25) is 0 Å². The van der Waals surface area contributed by atoms with Crippen LogP contribution < -0.4 is 5.32 Å². The molecular formula is C22H26N4. The summed E-state index contributed by atoms with van der Waals surface area (Å²) in [5, 5.41) is 8.69. The summed E-state index contributed by atoms with van der Waals surface area (Å²) in [5.41, 5.74) is 3.73. The molecule has 1 N–H and O–H groups in total. The molecule has 0 saturated heterocycles. The maximum atomic E-state index is 4.76. The molecule has 134 valence electrons. The molecule has 4 aromatic rings. The van der Waals surface area contributed by atoms with E-state index in [2.05, 4.69) is 79.2 Å². The molecule has 4 heteroatoms. The standard InChI is InChI=1S/C22H26N4/c1-15-14-24-22(23-12-7-13-25(2)3)20-19-17-9-6-5-8-16(17)10-11-18(19)26(4)21(15)20/h5-6,8-11,14H,7,12-13H2,1-4H3,(H,23,24). The van der Waals surface area contributed by atoms with Gasteiger partial charge in [-0.05, 0) is 56.4 Å². The fraction of sp³-hybridized carbons (Fsp3) is 0.318. The second-order valence-corrected chi connectivity index (χ2v) is 7.34. The summed E-state index contributed by atoms with van der Waals surface area (Å²) in [6.45, 7) is 4.14. The Hall–Kier alpha value is -2.59. The molecule has 0 bridgehead atoms. The Labute approximate surface area is 154 Å². The number of hydrogen-bond donors (Lipinski definition) is 1. The van der Waals surface area contributed by atoms with Crippen LogP contribution in [0.1, 0.15) is 12.0 Å². The first-order valence-corrected chi connectivity index (χ1v) is 9.22. The van der Waals surface area contributed by atoms with Crippen LogP contribution in [0.5, 0.6) is 0 Å². The van der Waals surface area contributed by atoms with Gasteiger partial charge in [0.25, 0.3) is 0 Å². The lowest BCUT2D eigenvalue weighted by Crippen LogP contribution is -2.16. The largest absolute Gasteiger partial charge is 0.369 e. The number of benzene rings is 2. The Morgan fingerprint density at radius 3 is 2.69 bits per heavy atom. The number of aryl methyl sites for hydroxylation is 2. The molecule has 0 saturated carbocycles. The normalized spacial score (nSPS) is 11.9. The lowest BCUT2D eigenvalue weighted by atomic mass is 10.0. The van der Waals surface area contributed by atoms with Crippen LogP contribution in [-0.4, -0.2) is 41.6 Å². The molecule has 2 aromatic heterocycles. The molecule has 0 unspecified atom stereocenters. The molecule has 0 aliphatic heterocycles. The lowest BCUT2D eigenvalue weighted by molar-refractivity contribution is 0.405. The van der Waals surface area contributed by atoms with Gasteiger partial charge in [-0.25, -0.2) is 4.98 Å². The van der Waals surface area contributed by atoms with Crippen LogP contribution in [0.4, 0.5) is 5.82 Å². The number of aromatic nitrogens is 2. The monoisotopic (exact) mass is 346 g/mol. The minimum atomic E-state index is 0.921. The zero-order valence-electron chi connectivity index (χ0n) is 16.0. The van der Waals surface area contributed by atoms with Crippen molar-refractivity contribution in [2.75, 3.05) is 32.5 Å². The van der Waals surface area contributed by atoms with E-state index >= 15 is 0 Å². The number of anilines is 1. The molecular weight excluding hydrogens is 320 g/mol. The van der Waals surface area contributed by atoms with Crippen molar-refractivity contribution in [1.82, 2.24) is 14.5 Å². The van der Waals surface area contributed by atoms with Crippen LogP contribution in [-0.2, 0) is 7.05 Å². The topological polar surface area (TPSA) is 33.1 Å². The van der Waals surface area contributed by atoms with Gasteiger partial charge in [0.1, 0.15) is 5.82 Å². The van der Waals surface area contributed by atoms with Crippen molar-refractivity contribution in [2.24, 2.45) is 7.05 Å². The van der Waals surface area contributed by atoms with Crippen LogP contribution in [0.3, 0.4) is 0 Å². The number of rotatable bonds is 5. The van der Waals surface area contributed by atoms with Gasteiger partial charge in [-0.15, -0.1) is 0 Å². The second-order valence-electron chi connectivity index (χ2n) is 7.34. The van der Waals surface area contributed by atoms with Crippen molar-refractivity contribution in [3.05, 3.63) is 48.2 Å². The van der Waals surface area contributed by atoms with Gasteiger partial charge in [-0.1, -0.05) is 30.3 Å². The molecule has 4 nitrogen and oxygen atoms in total. The minimum Gasteiger partial charge on any atom is -0.369 e. The lowest BCUT2D eigenvalue weighted by Gasteiger charge is -2.12. The first-order valence-electron chi connectivity index (χ1n) is 9.22. The molecule has 2 aromatic carbocycles. The number of hydrogen-bond acceptors (Lipinski definition) is 3. The van der Waals surface area contributed by atoms with Crippen molar-refractivity contribution in [3.63, 3.8) is 0 Å². The Morgan fingerprint density at radius 1 is 1.08 bits per heavy atom. The van der Waals surface area contributed by atoms with E-state index in [1.807, 2.05) is 6.20 Å². The first-order chi connectivity index (χ1) is 12.6. The molecule has 0 aliphatic rings. The number of nitrogens with zero attached hydrogens (tertiary/aromatic N) is 3. The van der Waals surface area contributed by atoms with Crippen molar-refractivity contribution < 1.29 is 0 Å². The van der Waals surface area contributed by atoms with E-state index in [0.29, 0.717) is 0 Å². The van der Waals surface area contributed by atoms with Crippen molar-refractivity contribution >= 4 is 38.4 Å². The zero-order chi connectivity index (χ0) is 18.3. The molecule has 0 spiro atoms. The highest BCUT2D eigenvalue weighted by atomic mass is 15.1. The Balaban J connectivity index is 1.94. The van der Waals surface area contributed by atoms with Gasteiger partial charge in [-0.2, -0.15) is 0 Å². The van der Waals surface area contributed by atoms with Gasteiger partial charge < -0.3 is 14.8 Å². The third-order valence-electron chi connectivity index (χ3n) is 5.16. The molecule has 2 heterocycles. The molecule has 0 fully saturated rings. The van der Waals surface area contributed by atoms with Crippen LogP contribution in [0.25, 0.3) is 32.6 Å². The highest BCUT2D eigenvalue weighted by molar-refractivity contribution is 6.24. The van der Waals surface area contributed by atoms with Crippen molar-refractivity contribution in [2.45, 2.75) is 13.3 Å². The predicted octanol–water partition coefficient (Wildman–Crippen LogP) is 4.55. The third-order valence-corrected chi connectivity index (χ3v) is 5.16. The van der Waals surface area contributed by atoms with E-state index in [-0.39, 0.29) is 0 Å². The van der Waals surface area contributed by atoms with Gasteiger partial charge in [0, 0.05) is 30.7 Å². The summed E-state index contributed by atoms with van der Waals surface area (Å²) in [6, 6.07) is 13.1. The number of pyridine rings is 1. The van der Waals surface area contributed by atoms with Crippen LogP contribution in [0.15, 0.2) is 42.6 Å². The maximum Gasteiger partial charge on any atom is 0.136 e. The first kappa shape index (κ1) is 16.9. The quantitative estimate of drug-likeness (QED) is 0.538. The van der Waals surface area contributed by atoms with Crippen LogP contribution in [0.2, 0.25) is 0 Å². The number of nitrogens with one attached hydrogen (secondary N) is 1. The van der Waals surface area contributed by atoms with Crippen LogP contribution in [0, 0.1) is 6.92 Å². The fourth-order valence-electron chi connectivity index (χ4n) is 3.92. The van der Waals surface area contributed by atoms with Gasteiger partial charge in [-0.3, -0.25) is 0 Å². The summed E-state index contributed by atoms with van der Waals surface area (Å²) in [4.78, 5) is 6.97. The fourth-order valence-corrected chi connectivity index (χ4v) is 3.92. The Morgan fingerprint density at radius 2 is 1.88 bits per heavy atom. The van der Waals surface area contributed by atoms with Gasteiger partial charge in [0.15, 0.2) is 0 Å². The maximum absolute atomic E-state index is 4.76. The van der Waals surface area contributed by atoms with E-state index in [0.717, 1.165) is 25.3 Å². The SMILES string of the molecule is Cc1cnc(NCCCN(C)C)c2c3c4ccccc4ccc3n(C)c12. The Bertz CT molecular complexity index is 1090. The third kappa shape index (κ3) is 2.71. The zero-order valence-corrected chi connectivity index (χ0v) is 16.0. The summed E-state index contributed by atoms with van der Waals surface area (Å²) < 4.78 is 2.30. The van der Waals surface area contributed by atoms with Crippen LogP contribution >= 0.6 is 0 Å². The Kier molecular flexibility index (Phi) is 4.29. The summed E-state index contributed by atoms with van der Waals surface area (Å²) in [5.74, 6) is 0.992. The highest BCUT2D eigenvalue weighted by Gasteiger charge is 2.17. The van der Waals surface area contributed by atoms with Crippen molar-refractivity contribution in [1.29, 1.82) is 0 Å². The van der Waals surface area contributed by atoms with Gasteiger partial charge >= 0.3 is 0 Å². The van der Waals surface area contributed by atoms with Crippen molar-refractivity contribution in [3.8, 4) is 0 Å². The van der Waals surface area contributed by atoms with Gasteiger partial charge in [0.05, 0.1) is 10.9 Å². The summed E-state index contributed by atoms with van der Waals surface area (Å²) in [6.07, 6.45) is 3.08. The average Bonchev–Trinajstić information content (AvgIpc) is 2.94. The molecule has 0 aliphatic carbocycles. The van der Waals surface area contributed by atoms with E-state index < -0.39 is 0 Å². The number of fused-ring (bicyclic) bond motifs is 5.